The molecule has 33 heavy (non-hydrogen) atoms. The average Bonchev–Trinajstić information content (AvgIpc) is 2.74. The summed E-state index contributed by atoms with van der Waals surface area (Å²) in [6, 6.07) is 13.7. The number of nitrogens with one attached hydrogen (secondary N) is 1. The van der Waals surface area contributed by atoms with Crippen LogP contribution in [-0.4, -0.2) is 46.4 Å². The molecule has 2 aromatic rings. The first kappa shape index (κ1) is 26.5. The predicted molar refractivity (Wildman–Crippen MR) is 133 cm³/mol. The largest absolute Gasteiger partial charge is 0.494 e. The molecule has 1 N–H and O–H groups in total. The number of ether oxygens (including phenoxy) is 2. The Morgan fingerprint density at radius 3 is 2.00 bits per heavy atom. The average molecular weight is 477 g/mol. The van der Waals surface area contributed by atoms with Gasteiger partial charge in [0.2, 0.25) is 15.9 Å². The van der Waals surface area contributed by atoms with Gasteiger partial charge in [-0.3, -0.25) is 9.10 Å². The molecule has 2 rings (SSSR count). The van der Waals surface area contributed by atoms with Gasteiger partial charge in [-0.15, -0.1) is 0 Å². The highest BCUT2D eigenvalue weighted by atomic mass is 32.2. The molecule has 0 saturated heterocycles. The first-order valence-corrected chi connectivity index (χ1v) is 13.1. The van der Waals surface area contributed by atoms with Crippen LogP contribution in [0.4, 0.5) is 5.69 Å². The maximum atomic E-state index is 12.9. The lowest BCUT2D eigenvalue weighted by molar-refractivity contribution is -0.122. The van der Waals surface area contributed by atoms with Crippen molar-refractivity contribution in [1.29, 1.82) is 0 Å². The number of amides is 1. The smallest absolute Gasteiger partial charge is 0.244 e. The normalized spacial score (nSPS) is 12.7. The molecule has 0 aliphatic carbocycles. The van der Waals surface area contributed by atoms with Gasteiger partial charge in [0.15, 0.2) is 0 Å². The second kappa shape index (κ2) is 11.4. The van der Waals surface area contributed by atoms with E-state index in [1.165, 1.54) is 5.56 Å². The number of rotatable bonds is 11. The first-order chi connectivity index (χ1) is 15.5. The Labute approximate surface area is 198 Å². The molecule has 7 nitrogen and oxygen atoms in total. The van der Waals surface area contributed by atoms with E-state index in [0.717, 1.165) is 16.3 Å². The number of carbonyl (C=O) groups is 1. The molecule has 1 amide bonds. The minimum absolute atomic E-state index is 0.0660. The van der Waals surface area contributed by atoms with Crippen molar-refractivity contribution in [3.05, 3.63) is 54.1 Å². The fourth-order valence-electron chi connectivity index (χ4n) is 3.43. The maximum absolute atomic E-state index is 12.9. The Balaban J connectivity index is 2.01. The van der Waals surface area contributed by atoms with E-state index in [0.29, 0.717) is 24.5 Å². The van der Waals surface area contributed by atoms with Crippen LogP contribution in [0.5, 0.6) is 11.5 Å². The van der Waals surface area contributed by atoms with E-state index in [1.807, 2.05) is 31.2 Å². The third kappa shape index (κ3) is 7.67. The van der Waals surface area contributed by atoms with E-state index < -0.39 is 16.1 Å². The summed E-state index contributed by atoms with van der Waals surface area (Å²) in [5.41, 5.74) is 1.69. The van der Waals surface area contributed by atoms with Crippen LogP contribution in [0.2, 0.25) is 0 Å². The maximum Gasteiger partial charge on any atom is 0.244 e. The van der Waals surface area contributed by atoms with Crippen molar-refractivity contribution in [2.45, 2.75) is 52.5 Å². The van der Waals surface area contributed by atoms with Gasteiger partial charge >= 0.3 is 0 Å². The van der Waals surface area contributed by atoms with Crippen molar-refractivity contribution >= 4 is 21.6 Å². The van der Waals surface area contributed by atoms with Crippen molar-refractivity contribution in [3.8, 4) is 11.5 Å². The molecule has 2 aromatic carbocycles. The van der Waals surface area contributed by atoms with E-state index in [1.54, 1.807) is 31.2 Å². The van der Waals surface area contributed by atoms with Crippen LogP contribution < -0.4 is 19.1 Å². The molecule has 0 radical (unpaired) electrons. The van der Waals surface area contributed by atoms with Crippen molar-refractivity contribution in [3.63, 3.8) is 0 Å². The van der Waals surface area contributed by atoms with Gasteiger partial charge in [0, 0.05) is 0 Å². The van der Waals surface area contributed by atoms with Crippen LogP contribution >= 0.6 is 0 Å². The molecular weight excluding hydrogens is 440 g/mol. The lowest BCUT2D eigenvalue weighted by atomic mass is 9.87. The quantitative estimate of drug-likeness (QED) is 0.493. The molecule has 1 atom stereocenters. The number of benzene rings is 2. The number of carbonyl (C=O) groups excluding carboxylic acids is 1. The first-order valence-electron chi connectivity index (χ1n) is 11.2. The summed E-state index contributed by atoms with van der Waals surface area (Å²) in [5, 5.41) is 2.80. The van der Waals surface area contributed by atoms with Gasteiger partial charge in [-0.25, -0.2) is 8.42 Å². The second-order valence-corrected chi connectivity index (χ2v) is 10.7. The molecule has 0 unspecified atom stereocenters. The highest BCUT2D eigenvalue weighted by molar-refractivity contribution is 7.92. The van der Waals surface area contributed by atoms with Gasteiger partial charge in [-0.1, -0.05) is 39.8 Å². The lowest BCUT2D eigenvalue weighted by Gasteiger charge is -2.30. The fraction of sp³-hybridized carbons (Fsp3) is 0.480. The number of hydrogen-bond acceptors (Lipinski definition) is 5. The molecule has 0 saturated carbocycles. The molecule has 0 bridgehead atoms. The van der Waals surface area contributed by atoms with E-state index in [9.17, 15) is 13.2 Å². The zero-order valence-corrected chi connectivity index (χ0v) is 21.2. The van der Waals surface area contributed by atoms with E-state index in [-0.39, 0.29) is 24.5 Å². The van der Waals surface area contributed by atoms with E-state index in [4.69, 9.17) is 9.47 Å². The Morgan fingerprint density at radius 2 is 1.52 bits per heavy atom. The topological polar surface area (TPSA) is 84.9 Å². The Hall–Kier alpha value is -2.74. The van der Waals surface area contributed by atoms with E-state index >= 15 is 0 Å². The van der Waals surface area contributed by atoms with Crippen LogP contribution in [0.25, 0.3) is 0 Å². The van der Waals surface area contributed by atoms with Gasteiger partial charge in [-0.2, -0.15) is 0 Å². The minimum atomic E-state index is -3.69. The molecule has 0 aliphatic heterocycles. The summed E-state index contributed by atoms with van der Waals surface area (Å²) in [7, 11) is -3.69. The molecule has 8 heteroatoms. The second-order valence-electron chi connectivity index (χ2n) is 8.82. The molecule has 0 aliphatic rings. The monoisotopic (exact) mass is 476 g/mol. The summed E-state index contributed by atoms with van der Waals surface area (Å²) < 4.78 is 37.4. The van der Waals surface area contributed by atoms with Gasteiger partial charge < -0.3 is 14.8 Å². The zero-order chi connectivity index (χ0) is 24.6. The van der Waals surface area contributed by atoms with Crippen LogP contribution in [0.15, 0.2) is 48.5 Å². The number of sulfonamides is 1. The third-order valence-corrected chi connectivity index (χ3v) is 6.30. The number of anilines is 1. The standard InChI is InChI=1S/C25H36N2O5S/c1-7-23(27(33(6,29)30)20-11-15-21(16-12-20)31-8-2)24(28)26-17-18-32-22-13-9-19(10-14-22)25(3,4)5/h9-16,23H,7-8,17-18H2,1-6H3,(H,26,28)/t23-/m0/s1. The van der Waals surface area contributed by atoms with Crippen molar-refractivity contribution in [2.24, 2.45) is 0 Å². The van der Waals surface area contributed by atoms with Gasteiger partial charge in [0.25, 0.3) is 0 Å². The van der Waals surface area contributed by atoms with Crippen molar-refractivity contribution in [1.82, 2.24) is 5.32 Å². The van der Waals surface area contributed by atoms with Crippen LogP contribution in [0, 0.1) is 0 Å². The fourth-order valence-corrected chi connectivity index (χ4v) is 4.64. The van der Waals surface area contributed by atoms with Crippen LogP contribution in [-0.2, 0) is 20.2 Å². The molecule has 0 aromatic heterocycles. The Morgan fingerprint density at radius 1 is 0.970 bits per heavy atom. The lowest BCUT2D eigenvalue weighted by Crippen LogP contribution is -2.50. The summed E-state index contributed by atoms with van der Waals surface area (Å²) in [5.74, 6) is 0.986. The molecule has 182 valence electrons. The minimum Gasteiger partial charge on any atom is -0.494 e. The molecule has 0 spiro atoms. The molecule has 0 heterocycles. The van der Waals surface area contributed by atoms with Crippen LogP contribution in [0.3, 0.4) is 0 Å². The predicted octanol–water partition coefficient (Wildman–Crippen LogP) is 4.12. The highest BCUT2D eigenvalue weighted by Crippen LogP contribution is 2.26. The Bertz CT molecular complexity index is 997. The van der Waals surface area contributed by atoms with E-state index in [2.05, 4.69) is 26.1 Å². The zero-order valence-electron chi connectivity index (χ0n) is 20.4. The number of hydrogen-bond donors (Lipinski definition) is 1. The van der Waals surface area contributed by atoms with Gasteiger partial charge in [0.05, 0.1) is 25.1 Å². The third-order valence-electron chi connectivity index (χ3n) is 5.12. The summed E-state index contributed by atoms with van der Waals surface area (Å²) >= 11 is 0. The molecular formula is C25H36N2O5S. The van der Waals surface area contributed by atoms with Gasteiger partial charge in [-0.05, 0) is 60.7 Å². The Kier molecular flexibility index (Phi) is 9.16. The highest BCUT2D eigenvalue weighted by Gasteiger charge is 2.31. The van der Waals surface area contributed by atoms with Crippen molar-refractivity contribution < 1.29 is 22.7 Å². The van der Waals surface area contributed by atoms with Gasteiger partial charge in [0.1, 0.15) is 24.1 Å². The molecule has 0 fully saturated rings. The van der Waals surface area contributed by atoms with Crippen molar-refractivity contribution in [2.75, 3.05) is 30.3 Å². The summed E-state index contributed by atoms with van der Waals surface area (Å²) in [6.07, 6.45) is 1.42. The SMILES string of the molecule is CCOc1ccc(N([C@@H](CC)C(=O)NCCOc2ccc(C(C)(C)C)cc2)S(C)(=O)=O)cc1. The summed E-state index contributed by atoms with van der Waals surface area (Å²) in [6.45, 7) is 11.2. The van der Waals surface area contributed by atoms with Crippen LogP contribution in [0.1, 0.15) is 46.6 Å². The number of nitrogens with zero attached hydrogens (tertiary/aromatic N) is 1. The summed E-state index contributed by atoms with van der Waals surface area (Å²) in [4.78, 5) is 12.9.